The molecule has 20 heavy (non-hydrogen) atoms. The highest BCUT2D eigenvalue weighted by Gasteiger charge is 2.14. The fraction of sp³-hybridized carbons (Fsp3) is 0.294. The second-order valence-corrected chi connectivity index (χ2v) is 5.24. The van der Waals surface area contributed by atoms with Gasteiger partial charge in [0.2, 0.25) is 0 Å². The summed E-state index contributed by atoms with van der Waals surface area (Å²) in [4.78, 5) is 0. The van der Waals surface area contributed by atoms with Crippen LogP contribution in [-0.4, -0.2) is 0 Å². The maximum Gasteiger partial charge on any atom is 0.128 e. The number of nitrogens with one attached hydrogen (secondary N) is 1. The first-order valence-electron chi connectivity index (χ1n) is 6.68. The summed E-state index contributed by atoms with van der Waals surface area (Å²) < 4.78 is 27.6. The number of anilines is 1. The lowest BCUT2D eigenvalue weighted by Gasteiger charge is -2.19. The van der Waals surface area contributed by atoms with Crippen LogP contribution in [0.25, 0.3) is 0 Å². The van der Waals surface area contributed by atoms with Crippen LogP contribution < -0.4 is 5.32 Å². The summed E-state index contributed by atoms with van der Waals surface area (Å²) in [5.74, 6) is -0.759. The maximum absolute atomic E-state index is 14.0. The normalized spacial score (nSPS) is 12.3. The van der Waals surface area contributed by atoms with E-state index >= 15 is 0 Å². The Bertz CT molecular complexity index is 635. The smallest absolute Gasteiger partial charge is 0.128 e. The molecule has 0 aliphatic carbocycles. The number of hydrogen-bond acceptors (Lipinski definition) is 1. The van der Waals surface area contributed by atoms with Gasteiger partial charge in [0.05, 0.1) is 6.04 Å². The van der Waals surface area contributed by atoms with Crippen LogP contribution in [0.1, 0.15) is 35.2 Å². The standard InChI is InChI=1S/C17H19F2N/c1-10-6-5-7-17(12(10)3)20-13(4)14-9-15(18)11(2)8-16(14)19/h5-9,13,20H,1-4H3. The van der Waals surface area contributed by atoms with E-state index in [9.17, 15) is 8.78 Å². The van der Waals surface area contributed by atoms with E-state index in [2.05, 4.69) is 5.32 Å². The molecule has 0 heterocycles. The molecule has 1 N–H and O–H groups in total. The molecule has 0 fully saturated rings. The number of hydrogen-bond donors (Lipinski definition) is 1. The lowest BCUT2D eigenvalue weighted by atomic mass is 10.0. The van der Waals surface area contributed by atoms with Crippen molar-refractivity contribution in [3.05, 3.63) is 64.2 Å². The van der Waals surface area contributed by atoms with Crippen LogP contribution in [0.3, 0.4) is 0 Å². The number of benzene rings is 2. The van der Waals surface area contributed by atoms with Crippen LogP contribution in [-0.2, 0) is 0 Å². The highest BCUT2D eigenvalue weighted by atomic mass is 19.1. The van der Waals surface area contributed by atoms with Gasteiger partial charge in [0.25, 0.3) is 0 Å². The minimum atomic E-state index is -0.380. The molecular formula is C17H19F2N. The van der Waals surface area contributed by atoms with Gasteiger partial charge in [-0.2, -0.15) is 0 Å². The molecular weight excluding hydrogens is 256 g/mol. The first-order chi connectivity index (χ1) is 9.40. The van der Waals surface area contributed by atoms with Gasteiger partial charge in [0.15, 0.2) is 0 Å². The fourth-order valence-corrected chi connectivity index (χ4v) is 2.21. The summed E-state index contributed by atoms with van der Waals surface area (Å²) in [5, 5.41) is 3.25. The Labute approximate surface area is 118 Å². The van der Waals surface area contributed by atoms with E-state index < -0.39 is 0 Å². The molecule has 0 aromatic heterocycles. The molecule has 0 aliphatic heterocycles. The Hall–Kier alpha value is -1.90. The molecule has 0 aliphatic rings. The van der Waals surface area contributed by atoms with Gasteiger partial charge in [0, 0.05) is 11.3 Å². The second kappa shape index (κ2) is 5.61. The second-order valence-electron chi connectivity index (χ2n) is 5.24. The summed E-state index contributed by atoms with van der Waals surface area (Å²) in [6.07, 6.45) is 0. The summed E-state index contributed by atoms with van der Waals surface area (Å²) in [6, 6.07) is 8.13. The van der Waals surface area contributed by atoms with Crippen molar-refractivity contribution in [1.29, 1.82) is 0 Å². The van der Waals surface area contributed by atoms with E-state index in [0.717, 1.165) is 16.8 Å². The average Bonchev–Trinajstić information content (AvgIpc) is 2.39. The Kier molecular flexibility index (Phi) is 4.07. The molecule has 0 bridgehead atoms. The van der Waals surface area contributed by atoms with E-state index in [0.29, 0.717) is 11.1 Å². The van der Waals surface area contributed by atoms with Crippen LogP contribution in [0.2, 0.25) is 0 Å². The van der Waals surface area contributed by atoms with Gasteiger partial charge in [-0.3, -0.25) is 0 Å². The molecule has 0 spiro atoms. The minimum Gasteiger partial charge on any atom is -0.378 e. The maximum atomic E-state index is 14.0. The zero-order chi connectivity index (χ0) is 14.9. The molecule has 106 valence electrons. The summed E-state index contributed by atoms with van der Waals surface area (Å²) in [5.41, 5.74) is 3.89. The monoisotopic (exact) mass is 275 g/mol. The molecule has 1 atom stereocenters. The average molecular weight is 275 g/mol. The van der Waals surface area contributed by atoms with E-state index in [4.69, 9.17) is 0 Å². The van der Waals surface area contributed by atoms with Gasteiger partial charge in [-0.1, -0.05) is 12.1 Å². The molecule has 1 unspecified atom stereocenters. The van der Waals surface area contributed by atoms with Crippen LogP contribution in [0.4, 0.5) is 14.5 Å². The Morgan fingerprint density at radius 1 is 0.950 bits per heavy atom. The molecule has 2 aromatic rings. The van der Waals surface area contributed by atoms with Crippen molar-refractivity contribution in [1.82, 2.24) is 0 Å². The van der Waals surface area contributed by atoms with Gasteiger partial charge in [-0.05, 0) is 62.6 Å². The predicted octanol–water partition coefficient (Wildman–Crippen LogP) is 5.06. The van der Waals surface area contributed by atoms with Crippen LogP contribution >= 0.6 is 0 Å². The van der Waals surface area contributed by atoms with Crippen LogP contribution in [0.15, 0.2) is 30.3 Å². The van der Waals surface area contributed by atoms with E-state index in [1.165, 1.54) is 12.1 Å². The molecule has 1 nitrogen and oxygen atoms in total. The number of halogens is 2. The highest BCUT2D eigenvalue weighted by Crippen LogP contribution is 2.26. The van der Waals surface area contributed by atoms with Crippen molar-refractivity contribution in [3.8, 4) is 0 Å². The molecule has 0 saturated carbocycles. The van der Waals surface area contributed by atoms with E-state index in [1.54, 1.807) is 6.92 Å². The third-order valence-electron chi connectivity index (χ3n) is 3.72. The zero-order valence-corrected chi connectivity index (χ0v) is 12.2. The first-order valence-corrected chi connectivity index (χ1v) is 6.68. The largest absolute Gasteiger partial charge is 0.378 e. The van der Waals surface area contributed by atoms with Crippen molar-refractivity contribution < 1.29 is 8.78 Å². The van der Waals surface area contributed by atoms with Crippen molar-refractivity contribution >= 4 is 5.69 Å². The zero-order valence-electron chi connectivity index (χ0n) is 12.2. The summed E-state index contributed by atoms with van der Waals surface area (Å²) >= 11 is 0. The third kappa shape index (κ3) is 2.82. The molecule has 2 aromatic carbocycles. The van der Waals surface area contributed by atoms with Crippen molar-refractivity contribution in [2.24, 2.45) is 0 Å². The van der Waals surface area contributed by atoms with Gasteiger partial charge in [-0.25, -0.2) is 8.78 Å². The van der Waals surface area contributed by atoms with Gasteiger partial charge in [-0.15, -0.1) is 0 Å². The quantitative estimate of drug-likeness (QED) is 0.825. The SMILES string of the molecule is Cc1cc(F)c(C(C)Nc2cccc(C)c2C)cc1F. The topological polar surface area (TPSA) is 12.0 Å². The summed E-state index contributed by atoms with van der Waals surface area (Å²) in [7, 11) is 0. The lowest BCUT2D eigenvalue weighted by Crippen LogP contribution is -2.10. The molecule has 3 heteroatoms. The van der Waals surface area contributed by atoms with Crippen LogP contribution in [0.5, 0.6) is 0 Å². The summed E-state index contributed by atoms with van der Waals surface area (Å²) in [6.45, 7) is 7.42. The number of rotatable bonds is 3. The lowest BCUT2D eigenvalue weighted by molar-refractivity contribution is 0.571. The molecule has 0 saturated heterocycles. The minimum absolute atomic E-state index is 0.300. The van der Waals surface area contributed by atoms with Gasteiger partial charge < -0.3 is 5.32 Å². The molecule has 2 rings (SSSR count). The Balaban J connectivity index is 2.31. The van der Waals surface area contributed by atoms with Gasteiger partial charge >= 0.3 is 0 Å². The third-order valence-corrected chi connectivity index (χ3v) is 3.72. The Morgan fingerprint density at radius 3 is 2.35 bits per heavy atom. The number of aryl methyl sites for hydroxylation is 2. The van der Waals surface area contributed by atoms with Gasteiger partial charge in [0.1, 0.15) is 11.6 Å². The van der Waals surface area contributed by atoms with Crippen molar-refractivity contribution in [2.45, 2.75) is 33.7 Å². The highest BCUT2D eigenvalue weighted by molar-refractivity contribution is 5.55. The van der Waals surface area contributed by atoms with Crippen LogP contribution in [0, 0.1) is 32.4 Å². The predicted molar refractivity (Wildman–Crippen MR) is 79.0 cm³/mol. The molecule has 0 radical (unpaired) electrons. The first kappa shape index (κ1) is 14.5. The van der Waals surface area contributed by atoms with E-state index in [1.807, 2.05) is 39.0 Å². The van der Waals surface area contributed by atoms with E-state index in [-0.39, 0.29) is 17.7 Å². The molecule has 0 amide bonds. The van der Waals surface area contributed by atoms with Crippen molar-refractivity contribution in [3.63, 3.8) is 0 Å². The van der Waals surface area contributed by atoms with Crippen molar-refractivity contribution in [2.75, 3.05) is 5.32 Å². The fourth-order valence-electron chi connectivity index (χ4n) is 2.21. The Morgan fingerprint density at radius 2 is 1.65 bits per heavy atom.